The predicted molar refractivity (Wildman–Crippen MR) is 60.7 cm³/mol. The Morgan fingerprint density at radius 3 is 2.87 bits per heavy atom. The highest BCUT2D eigenvalue weighted by Crippen LogP contribution is 2.17. The van der Waals surface area contributed by atoms with Gasteiger partial charge < -0.3 is 10.0 Å². The van der Waals surface area contributed by atoms with Crippen LogP contribution in [0.5, 0.6) is 0 Å². The van der Waals surface area contributed by atoms with Gasteiger partial charge >= 0.3 is 0 Å². The van der Waals surface area contributed by atoms with E-state index in [-0.39, 0.29) is 12.0 Å². The van der Waals surface area contributed by atoms with Crippen molar-refractivity contribution in [1.29, 1.82) is 0 Å². The number of hydrogen-bond donors (Lipinski definition) is 1. The van der Waals surface area contributed by atoms with Crippen molar-refractivity contribution in [3.05, 3.63) is 28.0 Å². The first-order valence-corrected chi connectivity index (χ1v) is 5.68. The van der Waals surface area contributed by atoms with Gasteiger partial charge in [-0.25, -0.2) is 0 Å². The Morgan fingerprint density at radius 1 is 1.60 bits per heavy atom. The van der Waals surface area contributed by atoms with Gasteiger partial charge in [0, 0.05) is 28.9 Å². The van der Waals surface area contributed by atoms with Crippen LogP contribution in [0.4, 0.5) is 0 Å². The van der Waals surface area contributed by atoms with E-state index in [4.69, 9.17) is 5.11 Å². The number of likely N-dealkylation sites (tertiary alicyclic amines) is 1. The zero-order valence-corrected chi connectivity index (χ0v) is 9.33. The molecule has 15 heavy (non-hydrogen) atoms. The lowest BCUT2D eigenvalue weighted by Gasteiger charge is -2.34. The largest absolute Gasteiger partial charge is 0.389 e. The predicted octanol–water partition coefficient (Wildman–Crippen LogP) is 1.27. The molecule has 3 nitrogen and oxygen atoms in total. The van der Waals surface area contributed by atoms with Gasteiger partial charge in [0.1, 0.15) is 0 Å². The highest BCUT2D eigenvalue weighted by molar-refractivity contribution is 7.12. The van der Waals surface area contributed by atoms with Crippen LogP contribution in [0.1, 0.15) is 9.75 Å². The Morgan fingerprint density at radius 2 is 2.33 bits per heavy atom. The van der Waals surface area contributed by atoms with Gasteiger partial charge in [-0.15, -0.1) is 11.3 Å². The van der Waals surface area contributed by atoms with E-state index in [0.717, 1.165) is 4.88 Å². The summed E-state index contributed by atoms with van der Waals surface area (Å²) in [5, 5.41) is 9.04. The van der Waals surface area contributed by atoms with Gasteiger partial charge in [0.2, 0.25) is 5.91 Å². The molecule has 0 bridgehead atoms. The zero-order valence-electron chi connectivity index (χ0n) is 8.51. The molecule has 80 valence electrons. The Labute approximate surface area is 92.6 Å². The highest BCUT2D eigenvalue weighted by Gasteiger charge is 2.26. The number of thiophene rings is 1. The lowest BCUT2D eigenvalue weighted by Crippen LogP contribution is -2.52. The van der Waals surface area contributed by atoms with E-state index in [2.05, 4.69) is 0 Å². The summed E-state index contributed by atoms with van der Waals surface area (Å²) in [6.45, 7) is 2.97. The van der Waals surface area contributed by atoms with E-state index < -0.39 is 0 Å². The molecule has 1 saturated heterocycles. The quantitative estimate of drug-likeness (QED) is 0.767. The molecule has 0 aromatic carbocycles. The minimum atomic E-state index is -0.327. The third-order valence-corrected chi connectivity index (χ3v) is 3.29. The molecule has 1 fully saturated rings. The topological polar surface area (TPSA) is 40.5 Å². The SMILES string of the molecule is Cc1ccc(C=CC(=O)N2CC(O)C2)s1. The van der Waals surface area contributed by atoms with Crippen LogP contribution in [0.25, 0.3) is 6.08 Å². The fraction of sp³-hybridized carbons (Fsp3) is 0.364. The second kappa shape index (κ2) is 4.16. The molecule has 4 heteroatoms. The average Bonchev–Trinajstić information content (AvgIpc) is 2.56. The van der Waals surface area contributed by atoms with Gasteiger partial charge in [-0.1, -0.05) is 0 Å². The first kappa shape index (κ1) is 10.4. The number of amides is 1. The minimum Gasteiger partial charge on any atom is -0.389 e. The van der Waals surface area contributed by atoms with E-state index in [1.165, 1.54) is 4.88 Å². The number of hydrogen-bond acceptors (Lipinski definition) is 3. The second-order valence-electron chi connectivity index (χ2n) is 3.68. The lowest BCUT2D eigenvalue weighted by atomic mass is 10.1. The Kier molecular flexibility index (Phi) is 2.88. The summed E-state index contributed by atoms with van der Waals surface area (Å²) in [5.41, 5.74) is 0. The standard InChI is InChI=1S/C11H13NO2S/c1-8-2-3-10(15-8)4-5-11(14)12-6-9(13)7-12/h2-5,9,13H,6-7H2,1H3. The Balaban J connectivity index is 1.91. The zero-order chi connectivity index (χ0) is 10.8. The summed E-state index contributed by atoms with van der Waals surface area (Å²) >= 11 is 1.66. The third-order valence-electron chi connectivity index (χ3n) is 2.33. The molecule has 2 rings (SSSR count). The maximum Gasteiger partial charge on any atom is 0.246 e. The molecule has 0 atom stereocenters. The first-order valence-electron chi connectivity index (χ1n) is 4.86. The van der Waals surface area contributed by atoms with Gasteiger partial charge in [-0.05, 0) is 25.1 Å². The fourth-order valence-corrected chi connectivity index (χ4v) is 2.22. The van der Waals surface area contributed by atoms with Gasteiger partial charge in [0.25, 0.3) is 0 Å². The molecule has 0 saturated carbocycles. The van der Waals surface area contributed by atoms with Crippen molar-refractivity contribution in [3.63, 3.8) is 0 Å². The number of aliphatic hydroxyl groups is 1. The lowest BCUT2D eigenvalue weighted by molar-refractivity contribution is -0.135. The fourth-order valence-electron chi connectivity index (χ4n) is 1.44. The van der Waals surface area contributed by atoms with Gasteiger partial charge in [0.15, 0.2) is 0 Å². The maximum absolute atomic E-state index is 11.5. The second-order valence-corrected chi connectivity index (χ2v) is 5.00. The number of aliphatic hydroxyl groups excluding tert-OH is 1. The molecule has 1 N–H and O–H groups in total. The molecular formula is C11H13NO2S. The number of carbonyl (C=O) groups excluding carboxylic acids is 1. The van der Waals surface area contributed by atoms with Crippen LogP contribution < -0.4 is 0 Å². The molecule has 0 radical (unpaired) electrons. The monoisotopic (exact) mass is 223 g/mol. The summed E-state index contributed by atoms with van der Waals surface area (Å²) in [6, 6.07) is 4.02. The van der Waals surface area contributed by atoms with Gasteiger partial charge in [0.05, 0.1) is 6.10 Å². The van der Waals surface area contributed by atoms with Crippen molar-refractivity contribution in [1.82, 2.24) is 4.90 Å². The van der Waals surface area contributed by atoms with Crippen molar-refractivity contribution >= 4 is 23.3 Å². The molecule has 0 unspecified atom stereocenters. The van der Waals surface area contributed by atoms with Crippen LogP contribution in [0.15, 0.2) is 18.2 Å². The minimum absolute atomic E-state index is 0.0219. The smallest absolute Gasteiger partial charge is 0.246 e. The van der Waals surface area contributed by atoms with Crippen molar-refractivity contribution < 1.29 is 9.90 Å². The molecular weight excluding hydrogens is 210 g/mol. The number of aryl methyl sites for hydroxylation is 1. The summed E-state index contributed by atoms with van der Waals surface area (Å²) < 4.78 is 0. The molecule has 1 aliphatic heterocycles. The molecule has 1 aromatic rings. The summed E-state index contributed by atoms with van der Waals surface area (Å²) in [7, 11) is 0. The van der Waals surface area contributed by atoms with Crippen LogP contribution in [0.2, 0.25) is 0 Å². The van der Waals surface area contributed by atoms with E-state index in [1.54, 1.807) is 22.3 Å². The van der Waals surface area contributed by atoms with Crippen molar-refractivity contribution in [2.24, 2.45) is 0 Å². The summed E-state index contributed by atoms with van der Waals surface area (Å²) in [5.74, 6) is -0.0219. The summed E-state index contributed by atoms with van der Waals surface area (Å²) in [4.78, 5) is 15.4. The van der Waals surface area contributed by atoms with Crippen LogP contribution in [-0.4, -0.2) is 35.1 Å². The first-order chi connectivity index (χ1) is 7.15. The molecule has 1 aromatic heterocycles. The maximum atomic E-state index is 11.5. The van der Waals surface area contributed by atoms with E-state index in [9.17, 15) is 4.79 Å². The molecule has 1 aliphatic rings. The van der Waals surface area contributed by atoms with Gasteiger partial charge in [-0.2, -0.15) is 0 Å². The Hall–Kier alpha value is -1.13. The van der Waals surface area contributed by atoms with E-state index >= 15 is 0 Å². The van der Waals surface area contributed by atoms with Crippen molar-refractivity contribution in [2.45, 2.75) is 13.0 Å². The number of rotatable bonds is 2. The Bertz CT molecular complexity index is 391. The normalized spacial score (nSPS) is 17.1. The van der Waals surface area contributed by atoms with Crippen LogP contribution in [-0.2, 0) is 4.79 Å². The van der Waals surface area contributed by atoms with Crippen molar-refractivity contribution in [3.8, 4) is 0 Å². The van der Waals surface area contributed by atoms with Gasteiger partial charge in [-0.3, -0.25) is 4.79 Å². The molecule has 0 spiro atoms. The molecule has 1 amide bonds. The number of β-amino-alcohol motifs (C(OH)–C–C–N with tert-alkyl or cyclic N) is 1. The van der Waals surface area contributed by atoms with Crippen molar-refractivity contribution in [2.75, 3.05) is 13.1 Å². The third kappa shape index (κ3) is 2.46. The van der Waals surface area contributed by atoms with Crippen LogP contribution in [0.3, 0.4) is 0 Å². The highest BCUT2D eigenvalue weighted by atomic mass is 32.1. The molecule has 2 heterocycles. The number of carbonyl (C=O) groups is 1. The van der Waals surface area contributed by atoms with E-state index in [1.807, 2.05) is 25.1 Å². The van der Waals surface area contributed by atoms with Crippen LogP contribution >= 0.6 is 11.3 Å². The molecule has 0 aliphatic carbocycles. The average molecular weight is 223 g/mol. The summed E-state index contributed by atoms with van der Waals surface area (Å²) in [6.07, 6.45) is 3.06. The van der Waals surface area contributed by atoms with Crippen LogP contribution in [0, 0.1) is 6.92 Å². The van der Waals surface area contributed by atoms with E-state index in [0.29, 0.717) is 13.1 Å². The number of nitrogens with zero attached hydrogens (tertiary/aromatic N) is 1.